The van der Waals surface area contributed by atoms with Gasteiger partial charge in [-0.1, -0.05) is 54.6 Å². The van der Waals surface area contributed by atoms with Crippen molar-refractivity contribution < 1.29 is 31.9 Å². The number of aryl methyl sites for hydroxylation is 2. The average Bonchev–Trinajstić information content (AvgIpc) is 3.08. The van der Waals surface area contributed by atoms with E-state index < -0.39 is 24.1 Å². The molecule has 41 heavy (non-hydrogen) atoms. The molecule has 5 rings (SSSR count). The van der Waals surface area contributed by atoms with Crippen LogP contribution in [-0.4, -0.2) is 42.0 Å². The number of fused-ring (bicyclic) bond motifs is 1. The van der Waals surface area contributed by atoms with Crippen LogP contribution in [0.15, 0.2) is 66.2 Å². The zero-order valence-corrected chi connectivity index (χ0v) is 22.6. The first-order chi connectivity index (χ1) is 19.5. The van der Waals surface area contributed by atoms with Gasteiger partial charge in [-0.15, -0.1) is 0 Å². The number of hydrogen-bond donors (Lipinski definition) is 1. The fourth-order valence-corrected chi connectivity index (χ4v) is 5.85. The average molecular weight is 568 g/mol. The number of hydrogen-bond acceptors (Lipinski definition) is 2. The zero-order chi connectivity index (χ0) is 29.3. The molecule has 3 aromatic rings. The smallest absolute Gasteiger partial charge is 0.417 e. The molecule has 3 nitrogen and oxygen atoms in total. The van der Waals surface area contributed by atoms with Gasteiger partial charge in [-0.2, -0.15) is 13.2 Å². The number of carboxylic acids is 1. The normalized spacial score (nSPS) is 15.9. The van der Waals surface area contributed by atoms with Crippen LogP contribution in [0, 0.1) is 6.92 Å². The number of carbonyl (C=O) groups is 1. The molecule has 0 bridgehead atoms. The molecule has 1 fully saturated rings. The lowest BCUT2D eigenvalue weighted by atomic mass is 9.84. The van der Waals surface area contributed by atoms with Gasteiger partial charge in [0.25, 0.3) is 0 Å². The Labute approximate surface area is 235 Å². The number of benzene rings is 3. The Bertz CT molecular complexity index is 1510. The van der Waals surface area contributed by atoms with E-state index in [9.17, 15) is 31.9 Å². The molecule has 1 N–H and O–H groups in total. The lowest BCUT2D eigenvalue weighted by molar-refractivity contribution is -0.138. The number of halogens is 5. The summed E-state index contributed by atoms with van der Waals surface area (Å²) < 4.78 is 67.9. The third-order valence-electron chi connectivity index (χ3n) is 7.76. The Kier molecular flexibility index (Phi) is 8.13. The van der Waals surface area contributed by atoms with Crippen molar-refractivity contribution in [3.8, 4) is 0 Å². The van der Waals surface area contributed by atoms with Crippen LogP contribution in [-0.2, 0) is 12.6 Å². The largest absolute Gasteiger partial charge is 0.478 e. The van der Waals surface area contributed by atoms with Gasteiger partial charge < -0.3 is 5.11 Å². The van der Waals surface area contributed by atoms with Crippen LogP contribution < -0.4 is 0 Å². The van der Waals surface area contributed by atoms with Crippen LogP contribution in [0.25, 0.3) is 17.2 Å². The minimum Gasteiger partial charge on any atom is -0.478 e. The van der Waals surface area contributed by atoms with Crippen molar-refractivity contribution >= 4 is 23.2 Å². The molecule has 0 radical (unpaired) electrons. The van der Waals surface area contributed by atoms with Crippen molar-refractivity contribution in [1.82, 2.24) is 4.90 Å². The van der Waals surface area contributed by atoms with E-state index in [4.69, 9.17) is 0 Å². The first kappa shape index (κ1) is 28.7. The molecule has 0 amide bonds. The van der Waals surface area contributed by atoms with Crippen molar-refractivity contribution in [3.63, 3.8) is 0 Å². The van der Waals surface area contributed by atoms with Crippen LogP contribution in [0.1, 0.15) is 68.6 Å². The van der Waals surface area contributed by atoms with Crippen molar-refractivity contribution in [1.29, 1.82) is 0 Å². The first-order valence-corrected chi connectivity index (χ1v) is 13.6. The van der Waals surface area contributed by atoms with Gasteiger partial charge in [-0.05, 0) is 88.4 Å². The highest BCUT2D eigenvalue weighted by molar-refractivity contribution is 6.01. The van der Waals surface area contributed by atoms with Gasteiger partial charge in [0.1, 0.15) is 0 Å². The Morgan fingerprint density at radius 2 is 1.73 bits per heavy atom. The van der Waals surface area contributed by atoms with E-state index in [0.29, 0.717) is 50.0 Å². The van der Waals surface area contributed by atoms with Gasteiger partial charge in [-0.25, -0.2) is 13.6 Å². The molecule has 0 atom stereocenters. The molecule has 0 unspecified atom stereocenters. The molecule has 214 valence electrons. The summed E-state index contributed by atoms with van der Waals surface area (Å²) in [6.07, 6.45) is -3.46. The van der Waals surface area contributed by atoms with Gasteiger partial charge in [0.15, 0.2) is 0 Å². The van der Waals surface area contributed by atoms with E-state index in [0.717, 1.165) is 27.8 Å². The van der Waals surface area contributed by atoms with E-state index in [1.165, 1.54) is 25.1 Å². The number of carboxylic acid groups (broad SMARTS) is 1. The summed E-state index contributed by atoms with van der Waals surface area (Å²) in [5.41, 5.74) is 5.36. The molecular formula is C33H30F5NO2. The number of alkyl halides is 5. The molecule has 1 saturated heterocycles. The molecule has 3 aromatic carbocycles. The summed E-state index contributed by atoms with van der Waals surface area (Å²) in [7, 11) is 0. The van der Waals surface area contributed by atoms with Gasteiger partial charge in [-0.3, -0.25) is 4.90 Å². The summed E-state index contributed by atoms with van der Waals surface area (Å²) in [6.45, 7) is 3.09. The van der Waals surface area contributed by atoms with Crippen LogP contribution in [0.3, 0.4) is 0 Å². The van der Waals surface area contributed by atoms with Crippen LogP contribution >= 0.6 is 0 Å². The maximum Gasteiger partial charge on any atom is 0.417 e. The maximum absolute atomic E-state index is 14.3. The monoisotopic (exact) mass is 567 g/mol. The third kappa shape index (κ3) is 6.27. The van der Waals surface area contributed by atoms with Gasteiger partial charge in [0.05, 0.1) is 11.1 Å². The number of allylic oxidation sites excluding steroid dienone is 1. The van der Waals surface area contributed by atoms with Crippen molar-refractivity contribution in [2.75, 3.05) is 19.6 Å². The molecule has 8 heteroatoms. The fraction of sp³-hybridized carbons (Fsp3) is 0.303. The zero-order valence-electron chi connectivity index (χ0n) is 22.6. The van der Waals surface area contributed by atoms with Gasteiger partial charge >= 0.3 is 12.1 Å². The molecule has 1 heterocycles. The minimum absolute atomic E-state index is 0.142. The number of aromatic carboxylic acids is 1. The maximum atomic E-state index is 14.3. The first-order valence-electron chi connectivity index (χ1n) is 13.6. The second-order valence-electron chi connectivity index (χ2n) is 10.7. The van der Waals surface area contributed by atoms with E-state index in [1.807, 2.05) is 35.2 Å². The fourth-order valence-electron chi connectivity index (χ4n) is 5.85. The van der Waals surface area contributed by atoms with Crippen molar-refractivity contribution in [2.45, 2.75) is 45.2 Å². The molecule has 2 aliphatic rings. The topological polar surface area (TPSA) is 40.5 Å². The molecule has 1 aliphatic carbocycles. The van der Waals surface area contributed by atoms with E-state index >= 15 is 0 Å². The summed E-state index contributed by atoms with van der Waals surface area (Å²) in [5.74, 6) is -1.05. The summed E-state index contributed by atoms with van der Waals surface area (Å²) in [4.78, 5) is 13.6. The minimum atomic E-state index is -4.54. The second kappa shape index (κ2) is 11.6. The summed E-state index contributed by atoms with van der Waals surface area (Å²) in [6, 6.07) is 17.1. The van der Waals surface area contributed by atoms with Crippen molar-refractivity contribution in [3.05, 3.63) is 111 Å². The van der Waals surface area contributed by atoms with Crippen molar-refractivity contribution in [2.24, 2.45) is 0 Å². The molecule has 0 saturated carbocycles. The predicted molar refractivity (Wildman–Crippen MR) is 150 cm³/mol. The van der Waals surface area contributed by atoms with Gasteiger partial charge in [0.2, 0.25) is 6.43 Å². The Morgan fingerprint density at radius 3 is 2.39 bits per heavy atom. The Morgan fingerprint density at radius 1 is 1.00 bits per heavy atom. The molecule has 0 spiro atoms. The SMILES string of the molecule is Cc1cccc(C2=C(c3ccc(C=C4CN(CCC(F)F)C4)cc3)c3ccc(C(=O)O)cc3CCC2)c1C(F)(F)F. The lowest BCUT2D eigenvalue weighted by Crippen LogP contribution is -2.40. The van der Waals surface area contributed by atoms with Crippen LogP contribution in [0.5, 0.6) is 0 Å². The second-order valence-corrected chi connectivity index (χ2v) is 10.7. The summed E-state index contributed by atoms with van der Waals surface area (Å²) in [5, 5.41) is 9.55. The highest BCUT2D eigenvalue weighted by Gasteiger charge is 2.36. The highest BCUT2D eigenvalue weighted by Crippen LogP contribution is 2.45. The van der Waals surface area contributed by atoms with E-state index in [2.05, 4.69) is 0 Å². The van der Waals surface area contributed by atoms with Crippen LogP contribution in [0.2, 0.25) is 0 Å². The number of nitrogens with zero attached hydrogens (tertiary/aromatic N) is 1. The van der Waals surface area contributed by atoms with E-state index in [1.54, 1.807) is 18.2 Å². The number of likely N-dealkylation sites (tertiary alicyclic amines) is 1. The van der Waals surface area contributed by atoms with E-state index in [-0.39, 0.29) is 23.1 Å². The standard InChI is InChI=1S/C33H30F5NO2/c1-20-4-2-7-28(31(20)33(36,37)38)27-6-3-5-24-17-25(32(40)41)12-13-26(24)30(27)23-10-8-21(9-11-23)16-22-18-39(19-22)15-14-29(34)35/h2,4,7-13,16-17,29H,3,5-6,14-15,18-19H2,1H3,(H,40,41). The number of rotatable bonds is 7. The molecule has 0 aromatic heterocycles. The molecule has 1 aliphatic heterocycles. The Hall–Kier alpha value is -3.78. The lowest BCUT2D eigenvalue weighted by Gasteiger charge is -2.34. The highest BCUT2D eigenvalue weighted by atomic mass is 19.4. The molecular weight excluding hydrogens is 537 g/mol. The Balaban J connectivity index is 1.59. The predicted octanol–water partition coefficient (Wildman–Crippen LogP) is 8.36. The summed E-state index contributed by atoms with van der Waals surface area (Å²) >= 11 is 0. The third-order valence-corrected chi connectivity index (χ3v) is 7.76. The van der Waals surface area contributed by atoms with Gasteiger partial charge in [0, 0.05) is 26.1 Å². The quantitative estimate of drug-likeness (QED) is 0.292. The van der Waals surface area contributed by atoms with Crippen LogP contribution in [0.4, 0.5) is 22.0 Å².